The van der Waals surface area contributed by atoms with E-state index < -0.39 is 6.03 Å². The maximum atomic E-state index is 12.1. The van der Waals surface area contributed by atoms with Gasteiger partial charge in [0.15, 0.2) is 6.54 Å². The number of amides is 3. The van der Waals surface area contributed by atoms with E-state index in [-0.39, 0.29) is 18.5 Å². The molecule has 3 N–H and O–H groups in total. The first-order valence-corrected chi connectivity index (χ1v) is 9.09. The van der Waals surface area contributed by atoms with E-state index in [1.807, 2.05) is 19.2 Å². The Morgan fingerprint density at radius 3 is 2.68 bits per heavy atom. The number of nitrogens with one attached hydrogen (secondary N) is 3. The van der Waals surface area contributed by atoms with Gasteiger partial charge in [0.2, 0.25) is 0 Å². The molecule has 3 amide bonds. The van der Waals surface area contributed by atoms with Gasteiger partial charge in [-0.15, -0.1) is 0 Å². The van der Waals surface area contributed by atoms with Crippen molar-refractivity contribution >= 4 is 23.5 Å². The monoisotopic (exact) mass is 368 g/mol. The van der Waals surface area contributed by atoms with Gasteiger partial charge in [-0.05, 0) is 31.0 Å². The first-order valence-electron chi connectivity index (χ1n) is 8.72. The Morgan fingerprint density at radius 1 is 1.28 bits per heavy atom. The van der Waals surface area contributed by atoms with Gasteiger partial charge in [-0.25, -0.2) is 4.79 Å². The zero-order valence-electron chi connectivity index (χ0n) is 14.9. The van der Waals surface area contributed by atoms with Crippen LogP contribution in [0.25, 0.3) is 0 Å². The van der Waals surface area contributed by atoms with Crippen LogP contribution < -0.4 is 20.3 Å². The average Bonchev–Trinajstić information content (AvgIpc) is 2.55. The Morgan fingerprint density at radius 2 is 2.00 bits per heavy atom. The summed E-state index contributed by atoms with van der Waals surface area (Å²) in [5.41, 5.74) is 0.923. The molecular formula is C18H27ClN3O3+. The molecule has 0 aromatic heterocycles. The Labute approximate surface area is 153 Å². The molecular weight excluding hydrogens is 342 g/mol. The van der Waals surface area contributed by atoms with Gasteiger partial charge in [-0.2, -0.15) is 0 Å². The number of quaternary nitrogens is 1. The Hall–Kier alpha value is -1.79. The fourth-order valence-corrected chi connectivity index (χ4v) is 3.38. The maximum Gasteiger partial charge on any atom is 0.321 e. The van der Waals surface area contributed by atoms with Crippen LogP contribution >= 0.6 is 11.6 Å². The number of hydrogen-bond donors (Lipinski definition) is 3. The van der Waals surface area contributed by atoms with Crippen LogP contribution in [0.15, 0.2) is 18.2 Å². The van der Waals surface area contributed by atoms with E-state index in [1.54, 1.807) is 13.2 Å². The molecule has 2 rings (SSSR count). The normalized spacial score (nSPS) is 16.1. The fourth-order valence-electron chi connectivity index (χ4n) is 3.19. The number of methoxy groups -OCH3 is 1. The largest absolute Gasteiger partial charge is 0.496 e. The maximum absolute atomic E-state index is 12.1. The van der Waals surface area contributed by atoms with Crippen LogP contribution in [0.4, 0.5) is 4.79 Å². The number of benzene rings is 1. The van der Waals surface area contributed by atoms with Gasteiger partial charge >= 0.3 is 6.03 Å². The summed E-state index contributed by atoms with van der Waals surface area (Å²) >= 11 is 6.03. The fraction of sp³-hybridized carbons (Fsp3) is 0.556. The highest BCUT2D eigenvalue weighted by Gasteiger charge is 2.19. The van der Waals surface area contributed by atoms with Gasteiger partial charge in [-0.3, -0.25) is 10.1 Å². The molecule has 1 saturated carbocycles. The van der Waals surface area contributed by atoms with Crippen LogP contribution in [-0.4, -0.2) is 38.7 Å². The number of carbonyl (C=O) groups excluding carboxylic acids is 2. The summed E-state index contributed by atoms with van der Waals surface area (Å²) in [6, 6.07) is 5.19. The minimum atomic E-state index is -0.398. The summed E-state index contributed by atoms with van der Waals surface area (Å²) in [6.07, 6.45) is 5.46. The second-order valence-electron chi connectivity index (χ2n) is 6.62. The number of hydrogen-bond acceptors (Lipinski definition) is 3. The summed E-state index contributed by atoms with van der Waals surface area (Å²) in [7, 11) is 3.49. The van der Waals surface area contributed by atoms with Crippen molar-refractivity contribution in [2.45, 2.75) is 44.7 Å². The lowest BCUT2D eigenvalue weighted by molar-refractivity contribution is -0.885. The number of halogens is 1. The highest BCUT2D eigenvalue weighted by atomic mass is 35.5. The van der Waals surface area contributed by atoms with E-state index in [1.165, 1.54) is 6.42 Å². The molecule has 0 saturated heterocycles. The molecule has 7 heteroatoms. The van der Waals surface area contributed by atoms with E-state index in [0.29, 0.717) is 11.6 Å². The predicted octanol–water partition coefficient (Wildman–Crippen LogP) is 1.52. The van der Waals surface area contributed by atoms with Crippen molar-refractivity contribution in [1.29, 1.82) is 0 Å². The highest BCUT2D eigenvalue weighted by molar-refractivity contribution is 6.30. The molecule has 6 nitrogen and oxygen atoms in total. The van der Waals surface area contributed by atoms with Crippen LogP contribution in [0.5, 0.6) is 5.75 Å². The summed E-state index contributed by atoms with van der Waals surface area (Å²) in [5.74, 6) is 0.436. The van der Waals surface area contributed by atoms with Gasteiger partial charge in [0.05, 0.1) is 14.2 Å². The number of likely N-dealkylation sites (N-methyl/N-ethyl adjacent to an activating group) is 1. The van der Waals surface area contributed by atoms with Crippen molar-refractivity contribution in [2.24, 2.45) is 0 Å². The molecule has 0 radical (unpaired) electrons. The smallest absolute Gasteiger partial charge is 0.321 e. The molecule has 1 atom stereocenters. The van der Waals surface area contributed by atoms with Gasteiger partial charge in [-0.1, -0.05) is 30.9 Å². The highest BCUT2D eigenvalue weighted by Crippen LogP contribution is 2.21. The summed E-state index contributed by atoms with van der Waals surface area (Å²) < 4.78 is 5.32. The Balaban J connectivity index is 1.79. The van der Waals surface area contributed by atoms with Gasteiger partial charge in [0.25, 0.3) is 5.91 Å². The van der Waals surface area contributed by atoms with Crippen LogP contribution in [-0.2, 0) is 11.3 Å². The topological polar surface area (TPSA) is 71.9 Å². The van der Waals surface area contributed by atoms with Crippen LogP contribution in [0.1, 0.15) is 37.7 Å². The van der Waals surface area contributed by atoms with Crippen molar-refractivity contribution < 1.29 is 19.2 Å². The minimum Gasteiger partial charge on any atom is -0.496 e. The number of urea groups is 1. The Kier molecular flexibility index (Phi) is 7.52. The third kappa shape index (κ3) is 6.55. The molecule has 1 aromatic carbocycles. The van der Waals surface area contributed by atoms with Crippen LogP contribution in [0, 0.1) is 0 Å². The van der Waals surface area contributed by atoms with E-state index in [9.17, 15) is 9.59 Å². The third-order valence-electron chi connectivity index (χ3n) is 4.39. The number of imide groups is 1. The molecule has 0 bridgehead atoms. The summed E-state index contributed by atoms with van der Waals surface area (Å²) in [5, 5.41) is 5.92. The number of rotatable bonds is 6. The Bertz CT molecular complexity index is 603. The van der Waals surface area contributed by atoms with E-state index in [4.69, 9.17) is 16.3 Å². The molecule has 1 aliphatic rings. The lowest BCUT2D eigenvalue weighted by Gasteiger charge is -2.22. The molecule has 138 valence electrons. The summed E-state index contributed by atoms with van der Waals surface area (Å²) in [4.78, 5) is 24.9. The van der Waals surface area contributed by atoms with Gasteiger partial charge in [0.1, 0.15) is 12.3 Å². The van der Waals surface area contributed by atoms with Crippen LogP contribution in [0.2, 0.25) is 5.02 Å². The molecule has 1 unspecified atom stereocenters. The molecule has 0 heterocycles. The standard InChI is InChI=1S/C18H26ClN3O3/c1-22(11-13-10-14(19)8-9-16(13)25-2)12-17(23)21-18(24)20-15-6-4-3-5-7-15/h8-10,15H,3-7,11-12H2,1-2H3,(H2,20,21,23,24)/p+1. The van der Waals surface area contributed by atoms with Crippen molar-refractivity contribution in [3.63, 3.8) is 0 Å². The zero-order chi connectivity index (χ0) is 18.2. The van der Waals surface area contributed by atoms with Crippen LogP contribution in [0.3, 0.4) is 0 Å². The van der Waals surface area contributed by atoms with Crippen molar-refractivity contribution in [1.82, 2.24) is 10.6 Å². The molecule has 0 aliphatic heterocycles. The van der Waals surface area contributed by atoms with Crippen molar-refractivity contribution in [2.75, 3.05) is 20.7 Å². The first-order chi connectivity index (χ1) is 12.0. The molecule has 1 fully saturated rings. The van der Waals surface area contributed by atoms with E-state index in [0.717, 1.165) is 41.9 Å². The quantitative estimate of drug-likeness (QED) is 0.713. The average molecular weight is 369 g/mol. The lowest BCUT2D eigenvalue weighted by atomic mass is 9.96. The van der Waals surface area contributed by atoms with Crippen molar-refractivity contribution in [3.8, 4) is 5.75 Å². The molecule has 1 aliphatic carbocycles. The minimum absolute atomic E-state index is 0.183. The number of ether oxygens (including phenoxy) is 1. The zero-order valence-corrected chi connectivity index (χ0v) is 15.6. The van der Waals surface area contributed by atoms with Gasteiger partial charge in [0, 0.05) is 16.6 Å². The van der Waals surface area contributed by atoms with Crippen molar-refractivity contribution in [3.05, 3.63) is 28.8 Å². The second-order valence-corrected chi connectivity index (χ2v) is 7.06. The number of carbonyl (C=O) groups is 2. The molecule has 25 heavy (non-hydrogen) atoms. The SMILES string of the molecule is COc1ccc(Cl)cc1C[NH+](C)CC(=O)NC(=O)NC1CCCCC1. The second kappa shape index (κ2) is 9.63. The lowest BCUT2D eigenvalue weighted by Crippen LogP contribution is -3.09. The first kappa shape index (κ1) is 19.5. The molecule has 0 spiro atoms. The summed E-state index contributed by atoms with van der Waals surface area (Å²) in [6.45, 7) is 0.759. The predicted molar refractivity (Wildman–Crippen MR) is 97.0 cm³/mol. The molecule has 1 aromatic rings. The van der Waals surface area contributed by atoms with E-state index in [2.05, 4.69) is 10.6 Å². The van der Waals surface area contributed by atoms with Gasteiger partial charge < -0.3 is 15.0 Å². The third-order valence-corrected chi connectivity index (χ3v) is 4.63. The van der Waals surface area contributed by atoms with E-state index >= 15 is 0 Å².